The SMILES string of the molecule is C=C(C(C)N)N(CC)CC. The van der Waals surface area contributed by atoms with Crippen LogP contribution in [-0.2, 0) is 0 Å². The van der Waals surface area contributed by atoms with E-state index in [2.05, 4.69) is 25.3 Å². The topological polar surface area (TPSA) is 29.3 Å². The van der Waals surface area contributed by atoms with E-state index in [0.717, 1.165) is 18.8 Å². The number of nitrogens with two attached hydrogens (primary N) is 1. The van der Waals surface area contributed by atoms with Gasteiger partial charge in [-0.15, -0.1) is 0 Å². The molecule has 1 atom stereocenters. The lowest BCUT2D eigenvalue weighted by Gasteiger charge is -2.25. The maximum Gasteiger partial charge on any atom is 0.0411 e. The van der Waals surface area contributed by atoms with Gasteiger partial charge in [-0.25, -0.2) is 0 Å². The quantitative estimate of drug-likeness (QED) is 0.639. The molecule has 0 saturated carbocycles. The first-order valence-corrected chi connectivity index (χ1v) is 3.82. The standard InChI is InChI=1S/C8H18N2/c1-5-10(6-2)8(4)7(3)9/h7H,4-6,9H2,1-3H3. The maximum atomic E-state index is 5.65. The summed E-state index contributed by atoms with van der Waals surface area (Å²) < 4.78 is 0. The normalized spacial score (nSPS) is 12.8. The smallest absolute Gasteiger partial charge is 0.0411 e. The summed E-state index contributed by atoms with van der Waals surface area (Å²) in [6.07, 6.45) is 0. The van der Waals surface area contributed by atoms with Crippen LogP contribution in [0.5, 0.6) is 0 Å². The molecule has 0 aliphatic rings. The average molecular weight is 142 g/mol. The number of rotatable bonds is 4. The Hall–Kier alpha value is -0.500. The van der Waals surface area contributed by atoms with Gasteiger partial charge in [0, 0.05) is 24.8 Å². The van der Waals surface area contributed by atoms with Crippen LogP contribution in [0.2, 0.25) is 0 Å². The monoisotopic (exact) mass is 142 g/mol. The molecule has 1 unspecified atom stereocenters. The van der Waals surface area contributed by atoms with Crippen LogP contribution in [0.15, 0.2) is 12.3 Å². The van der Waals surface area contributed by atoms with Gasteiger partial charge in [-0.1, -0.05) is 6.58 Å². The van der Waals surface area contributed by atoms with Crippen molar-refractivity contribution in [1.82, 2.24) is 4.90 Å². The van der Waals surface area contributed by atoms with Crippen LogP contribution in [0.1, 0.15) is 20.8 Å². The number of hydrogen-bond donors (Lipinski definition) is 1. The zero-order valence-electron chi connectivity index (χ0n) is 7.22. The lowest BCUT2D eigenvalue weighted by atomic mass is 10.2. The lowest BCUT2D eigenvalue weighted by Crippen LogP contribution is -2.32. The molecular weight excluding hydrogens is 124 g/mol. The number of nitrogens with zero attached hydrogens (tertiary/aromatic N) is 1. The molecule has 0 bridgehead atoms. The highest BCUT2D eigenvalue weighted by Crippen LogP contribution is 2.03. The second-order valence-corrected chi connectivity index (χ2v) is 2.45. The van der Waals surface area contributed by atoms with Crippen LogP contribution in [0, 0.1) is 0 Å². The van der Waals surface area contributed by atoms with Crippen molar-refractivity contribution in [3.05, 3.63) is 12.3 Å². The van der Waals surface area contributed by atoms with Crippen molar-refractivity contribution in [2.24, 2.45) is 5.73 Å². The van der Waals surface area contributed by atoms with E-state index in [4.69, 9.17) is 5.73 Å². The van der Waals surface area contributed by atoms with Crippen molar-refractivity contribution in [3.8, 4) is 0 Å². The van der Waals surface area contributed by atoms with Crippen molar-refractivity contribution in [2.45, 2.75) is 26.8 Å². The molecule has 0 amide bonds. The van der Waals surface area contributed by atoms with E-state index in [1.54, 1.807) is 0 Å². The molecule has 0 aliphatic heterocycles. The molecule has 10 heavy (non-hydrogen) atoms. The van der Waals surface area contributed by atoms with Crippen molar-refractivity contribution in [2.75, 3.05) is 13.1 Å². The van der Waals surface area contributed by atoms with E-state index >= 15 is 0 Å². The molecular formula is C8H18N2. The van der Waals surface area contributed by atoms with Gasteiger partial charge in [0.1, 0.15) is 0 Å². The van der Waals surface area contributed by atoms with E-state index in [1.165, 1.54) is 0 Å². The molecule has 0 saturated heterocycles. The van der Waals surface area contributed by atoms with E-state index < -0.39 is 0 Å². The third kappa shape index (κ3) is 2.40. The summed E-state index contributed by atoms with van der Waals surface area (Å²) in [6, 6.07) is 0.0832. The fourth-order valence-corrected chi connectivity index (χ4v) is 0.918. The Morgan fingerprint density at radius 1 is 1.50 bits per heavy atom. The van der Waals surface area contributed by atoms with Crippen LogP contribution in [0.4, 0.5) is 0 Å². The van der Waals surface area contributed by atoms with Crippen molar-refractivity contribution < 1.29 is 0 Å². The van der Waals surface area contributed by atoms with Gasteiger partial charge in [-0.3, -0.25) is 0 Å². The first-order valence-electron chi connectivity index (χ1n) is 3.82. The molecule has 0 aromatic heterocycles. The van der Waals surface area contributed by atoms with Gasteiger partial charge in [0.2, 0.25) is 0 Å². The van der Waals surface area contributed by atoms with Crippen LogP contribution >= 0.6 is 0 Å². The molecule has 0 fully saturated rings. The van der Waals surface area contributed by atoms with Gasteiger partial charge in [-0.05, 0) is 20.8 Å². The minimum absolute atomic E-state index is 0.0832. The summed E-state index contributed by atoms with van der Waals surface area (Å²) in [4.78, 5) is 2.17. The summed E-state index contributed by atoms with van der Waals surface area (Å²) >= 11 is 0. The molecule has 0 aromatic rings. The predicted molar refractivity (Wildman–Crippen MR) is 45.7 cm³/mol. The fourth-order valence-electron chi connectivity index (χ4n) is 0.918. The summed E-state index contributed by atoms with van der Waals surface area (Å²) in [5.74, 6) is 0. The first-order chi connectivity index (χ1) is 4.63. The molecule has 0 spiro atoms. The van der Waals surface area contributed by atoms with Crippen molar-refractivity contribution in [1.29, 1.82) is 0 Å². The summed E-state index contributed by atoms with van der Waals surface area (Å²) in [6.45, 7) is 12.1. The summed E-state index contributed by atoms with van der Waals surface area (Å²) in [5, 5.41) is 0. The Balaban J connectivity index is 3.89. The van der Waals surface area contributed by atoms with Gasteiger partial charge >= 0.3 is 0 Å². The lowest BCUT2D eigenvalue weighted by molar-refractivity contribution is 0.361. The van der Waals surface area contributed by atoms with Crippen LogP contribution < -0.4 is 5.73 Å². The average Bonchev–Trinajstić information content (AvgIpc) is 1.90. The summed E-state index contributed by atoms with van der Waals surface area (Å²) in [5.41, 5.74) is 6.68. The van der Waals surface area contributed by atoms with Crippen LogP contribution in [0.25, 0.3) is 0 Å². The molecule has 0 radical (unpaired) electrons. The van der Waals surface area contributed by atoms with Gasteiger partial charge < -0.3 is 10.6 Å². The highest BCUT2D eigenvalue weighted by atomic mass is 15.1. The van der Waals surface area contributed by atoms with E-state index in [-0.39, 0.29) is 6.04 Å². The van der Waals surface area contributed by atoms with E-state index in [0.29, 0.717) is 0 Å². The molecule has 2 nitrogen and oxygen atoms in total. The second kappa shape index (κ2) is 4.34. The van der Waals surface area contributed by atoms with Crippen LogP contribution in [0.3, 0.4) is 0 Å². The maximum absolute atomic E-state index is 5.65. The Labute approximate surface area is 63.7 Å². The summed E-state index contributed by atoms with van der Waals surface area (Å²) in [7, 11) is 0. The minimum Gasteiger partial charge on any atom is -0.375 e. The fraction of sp³-hybridized carbons (Fsp3) is 0.750. The van der Waals surface area contributed by atoms with Gasteiger partial charge in [0.05, 0.1) is 0 Å². The minimum atomic E-state index is 0.0832. The van der Waals surface area contributed by atoms with Crippen molar-refractivity contribution >= 4 is 0 Å². The molecule has 0 aliphatic carbocycles. The Morgan fingerprint density at radius 3 is 2.00 bits per heavy atom. The molecule has 60 valence electrons. The zero-order valence-corrected chi connectivity index (χ0v) is 7.22. The number of likely N-dealkylation sites (N-methyl/N-ethyl adjacent to an activating group) is 1. The highest BCUT2D eigenvalue weighted by Gasteiger charge is 2.05. The van der Waals surface area contributed by atoms with Crippen LogP contribution in [-0.4, -0.2) is 24.0 Å². The third-order valence-corrected chi connectivity index (χ3v) is 1.70. The zero-order chi connectivity index (χ0) is 8.15. The highest BCUT2D eigenvalue weighted by molar-refractivity contribution is 5.00. The molecule has 2 heteroatoms. The van der Waals surface area contributed by atoms with Gasteiger partial charge in [0.15, 0.2) is 0 Å². The second-order valence-electron chi connectivity index (χ2n) is 2.45. The molecule has 0 aromatic carbocycles. The Kier molecular flexibility index (Phi) is 4.12. The molecule has 2 N–H and O–H groups in total. The third-order valence-electron chi connectivity index (χ3n) is 1.70. The first kappa shape index (κ1) is 9.50. The predicted octanol–water partition coefficient (Wildman–Crippen LogP) is 1.19. The van der Waals surface area contributed by atoms with Crippen molar-refractivity contribution in [3.63, 3.8) is 0 Å². The van der Waals surface area contributed by atoms with Gasteiger partial charge in [-0.2, -0.15) is 0 Å². The molecule has 0 heterocycles. The van der Waals surface area contributed by atoms with E-state index in [1.807, 2.05) is 6.92 Å². The number of hydrogen-bond acceptors (Lipinski definition) is 2. The van der Waals surface area contributed by atoms with E-state index in [9.17, 15) is 0 Å². The molecule has 0 rings (SSSR count). The van der Waals surface area contributed by atoms with Gasteiger partial charge in [0.25, 0.3) is 0 Å². The Bertz CT molecular complexity index is 104. The largest absolute Gasteiger partial charge is 0.375 e. The Morgan fingerprint density at radius 2 is 1.90 bits per heavy atom.